The third-order valence-electron chi connectivity index (χ3n) is 4.88. The first kappa shape index (κ1) is 18.4. The zero-order valence-corrected chi connectivity index (χ0v) is 16.6. The van der Waals surface area contributed by atoms with E-state index in [9.17, 15) is 14.3 Å². The van der Waals surface area contributed by atoms with E-state index in [1.807, 2.05) is 31.3 Å². The van der Waals surface area contributed by atoms with Gasteiger partial charge in [0, 0.05) is 28.4 Å². The quantitative estimate of drug-likeness (QED) is 0.424. The number of benzene rings is 2. The van der Waals surface area contributed by atoms with E-state index in [4.69, 9.17) is 0 Å². The number of halogens is 1. The maximum Gasteiger partial charge on any atom is 0.337 e. The predicted octanol–water partition coefficient (Wildman–Crippen LogP) is 5.11. The minimum absolute atomic E-state index is 0.171. The fraction of sp³-hybridized carbons (Fsp3) is 0.0455. The molecule has 0 saturated heterocycles. The van der Waals surface area contributed by atoms with E-state index in [0.717, 1.165) is 26.4 Å². The van der Waals surface area contributed by atoms with Crippen molar-refractivity contribution in [2.24, 2.45) is 7.05 Å². The van der Waals surface area contributed by atoms with Gasteiger partial charge in [0.1, 0.15) is 11.5 Å². The van der Waals surface area contributed by atoms with Gasteiger partial charge in [-0.2, -0.15) is 5.10 Å². The largest absolute Gasteiger partial charge is 0.478 e. The van der Waals surface area contributed by atoms with Crippen molar-refractivity contribution in [3.63, 3.8) is 0 Å². The van der Waals surface area contributed by atoms with Crippen LogP contribution in [0.2, 0.25) is 0 Å². The lowest BCUT2D eigenvalue weighted by Crippen LogP contribution is -1.97. The minimum Gasteiger partial charge on any atom is -0.478 e. The van der Waals surface area contributed by atoms with Crippen molar-refractivity contribution in [2.45, 2.75) is 9.79 Å². The predicted molar refractivity (Wildman–Crippen MR) is 113 cm³/mol. The Morgan fingerprint density at radius 1 is 1.10 bits per heavy atom. The van der Waals surface area contributed by atoms with Gasteiger partial charge in [-0.05, 0) is 54.6 Å². The van der Waals surface area contributed by atoms with Gasteiger partial charge >= 0.3 is 5.97 Å². The molecule has 3 heterocycles. The van der Waals surface area contributed by atoms with Gasteiger partial charge in [0.25, 0.3) is 0 Å². The highest BCUT2D eigenvalue weighted by molar-refractivity contribution is 7.99. The number of aryl methyl sites for hydroxylation is 1. The molecule has 0 atom stereocenters. The summed E-state index contributed by atoms with van der Waals surface area (Å²) >= 11 is 1.54. The molecular formula is C22H15FN4O2S. The van der Waals surface area contributed by atoms with Crippen molar-refractivity contribution in [1.29, 1.82) is 0 Å². The van der Waals surface area contributed by atoms with Gasteiger partial charge in [-0.3, -0.25) is 9.67 Å². The van der Waals surface area contributed by atoms with Crippen molar-refractivity contribution in [3.05, 3.63) is 72.2 Å². The van der Waals surface area contributed by atoms with Crippen LogP contribution in [0.25, 0.3) is 33.3 Å². The summed E-state index contributed by atoms with van der Waals surface area (Å²) in [5.41, 5.74) is 3.58. The van der Waals surface area contributed by atoms with E-state index >= 15 is 0 Å². The van der Waals surface area contributed by atoms with Gasteiger partial charge in [0.05, 0.1) is 27.8 Å². The molecule has 0 spiro atoms. The second kappa shape index (κ2) is 7.00. The number of H-pyrrole nitrogens is 1. The Bertz CT molecular complexity index is 1420. The zero-order chi connectivity index (χ0) is 20.8. The van der Waals surface area contributed by atoms with E-state index in [-0.39, 0.29) is 11.4 Å². The van der Waals surface area contributed by atoms with Crippen LogP contribution in [-0.2, 0) is 7.05 Å². The standard InChI is InChI=1S/C22H15FN4O2S/c1-27-19-10-14(30-13-4-2-12(23)3-5-13)6-7-15(19)21(26-27)18-11-17-20(25-18)16(22(28)29)8-9-24-17/h2-11,25H,1H3,(H,28,29). The van der Waals surface area contributed by atoms with Crippen LogP contribution in [0.4, 0.5) is 4.39 Å². The maximum atomic E-state index is 13.1. The third kappa shape index (κ3) is 3.11. The first-order valence-corrected chi connectivity index (χ1v) is 9.93. The number of nitrogens with zero attached hydrogens (tertiary/aromatic N) is 3. The van der Waals surface area contributed by atoms with Gasteiger partial charge in [-0.25, -0.2) is 9.18 Å². The second-order valence-corrected chi connectivity index (χ2v) is 7.96. The number of fused-ring (bicyclic) bond motifs is 2. The number of carboxylic acid groups (broad SMARTS) is 1. The summed E-state index contributed by atoms with van der Waals surface area (Å²) < 4.78 is 14.9. The molecule has 0 aliphatic carbocycles. The van der Waals surface area contributed by atoms with Crippen molar-refractivity contribution < 1.29 is 14.3 Å². The number of carboxylic acids is 1. The lowest BCUT2D eigenvalue weighted by Gasteiger charge is -2.03. The minimum atomic E-state index is -1.01. The lowest BCUT2D eigenvalue weighted by molar-refractivity contribution is 0.0698. The molecule has 2 aromatic carbocycles. The van der Waals surface area contributed by atoms with E-state index in [0.29, 0.717) is 16.7 Å². The van der Waals surface area contributed by atoms with Gasteiger partial charge in [-0.15, -0.1) is 0 Å². The zero-order valence-electron chi connectivity index (χ0n) is 15.8. The smallest absolute Gasteiger partial charge is 0.337 e. The molecule has 0 amide bonds. The first-order valence-electron chi connectivity index (χ1n) is 9.11. The van der Waals surface area contributed by atoms with Crippen LogP contribution in [0.1, 0.15) is 10.4 Å². The molecule has 0 saturated carbocycles. The summed E-state index contributed by atoms with van der Waals surface area (Å²) in [5, 5.41) is 15.0. The topological polar surface area (TPSA) is 83.8 Å². The SMILES string of the molecule is Cn1nc(-c2cc3nccc(C(=O)O)c3[nH]2)c2ccc(Sc3ccc(F)cc3)cc21. The van der Waals surface area contributed by atoms with Crippen molar-refractivity contribution in [3.8, 4) is 11.4 Å². The number of hydrogen-bond donors (Lipinski definition) is 2. The Balaban J connectivity index is 1.58. The number of aromatic amines is 1. The molecule has 5 rings (SSSR count). The highest BCUT2D eigenvalue weighted by Crippen LogP contribution is 2.34. The third-order valence-corrected chi connectivity index (χ3v) is 5.88. The number of aromatic carboxylic acids is 1. The van der Waals surface area contributed by atoms with Crippen LogP contribution in [-0.4, -0.2) is 30.8 Å². The van der Waals surface area contributed by atoms with Crippen LogP contribution < -0.4 is 0 Å². The average Bonchev–Trinajstić information content (AvgIpc) is 3.30. The molecule has 8 heteroatoms. The summed E-state index contributed by atoms with van der Waals surface area (Å²) in [5.74, 6) is -1.27. The number of rotatable bonds is 4. The highest BCUT2D eigenvalue weighted by atomic mass is 32.2. The van der Waals surface area contributed by atoms with Crippen molar-refractivity contribution in [2.75, 3.05) is 0 Å². The van der Waals surface area contributed by atoms with E-state index in [2.05, 4.69) is 15.1 Å². The number of pyridine rings is 1. The Hall–Kier alpha value is -3.65. The molecular weight excluding hydrogens is 403 g/mol. The molecule has 0 radical (unpaired) electrons. The molecule has 30 heavy (non-hydrogen) atoms. The Morgan fingerprint density at radius 2 is 1.87 bits per heavy atom. The molecule has 2 N–H and O–H groups in total. The van der Waals surface area contributed by atoms with Gasteiger partial charge < -0.3 is 10.1 Å². The van der Waals surface area contributed by atoms with Crippen LogP contribution in [0.15, 0.2) is 70.6 Å². The van der Waals surface area contributed by atoms with Gasteiger partial charge in [0.2, 0.25) is 0 Å². The summed E-state index contributed by atoms with van der Waals surface area (Å²) in [7, 11) is 1.86. The van der Waals surface area contributed by atoms with Gasteiger partial charge in [0.15, 0.2) is 0 Å². The second-order valence-electron chi connectivity index (χ2n) is 6.81. The molecule has 0 fully saturated rings. The number of nitrogens with one attached hydrogen (secondary N) is 1. The van der Waals surface area contributed by atoms with E-state index in [1.54, 1.807) is 28.6 Å². The molecule has 0 aliphatic rings. The maximum absolute atomic E-state index is 13.1. The Morgan fingerprint density at radius 3 is 2.63 bits per heavy atom. The number of carbonyl (C=O) groups is 1. The lowest BCUT2D eigenvalue weighted by atomic mass is 10.1. The summed E-state index contributed by atoms with van der Waals surface area (Å²) in [6, 6.07) is 15.7. The molecule has 5 aromatic rings. The summed E-state index contributed by atoms with van der Waals surface area (Å²) in [6.45, 7) is 0. The average molecular weight is 418 g/mol. The molecule has 6 nitrogen and oxygen atoms in total. The van der Waals surface area contributed by atoms with Gasteiger partial charge in [-0.1, -0.05) is 11.8 Å². The summed E-state index contributed by atoms with van der Waals surface area (Å²) in [6.07, 6.45) is 1.49. The Labute approximate surface area is 174 Å². The van der Waals surface area contributed by atoms with Crippen LogP contribution >= 0.6 is 11.8 Å². The van der Waals surface area contributed by atoms with E-state index in [1.165, 1.54) is 24.4 Å². The van der Waals surface area contributed by atoms with Crippen molar-refractivity contribution in [1.82, 2.24) is 19.7 Å². The molecule has 0 aliphatic heterocycles. The van der Waals surface area contributed by atoms with Crippen LogP contribution in [0, 0.1) is 5.82 Å². The number of aromatic nitrogens is 4. The monoisotopic (exact) mass is 418 g/mol. The number of hydrogen-bond acceptors (Lipinski definition) is 4. The van der Waals surface area contributed by atoms with Crippen LogP contribution in [0.3, 0.4) is 0 Å². The van der Waals surface area contributed by atoms with Crippen LogP contribution in [0.5, 0.6) is 0 Å². The normalized spacial score (nSPS) is 11.4. The van der Waals surface area contributed by atoms with E-state index < -0.39 is 5.97 Å². The van der Waals surface area contributed by atoms with Crippen molar-refractivity contribution >= 4 is 39.7 Å². The molecule has 3 aromatic heterocycles. The fourth-order valence-electron chi connectivity index (χ4n) is 3.47. The molecule has 0 unspecified atom stereocenters. The molecule has 148 valence electrons. The Kier molecular flexibility index (Phi) is 4.29. The fourth-order valence-corrected chi connectivity index (χ4v) is 4.32. The first-order chi connectivity index (χ1) is 14.5. The summed E-state index contributed by atoms with van der Waals surface area (Å²) in [4.78, 5) is 20.9. The highest BCUT2D eigenvalue weighted by Gasteiger charge is 2.17. The molecule has 0 bridgehead atoms.